The first-order valence-electron chi connectivity index (χ1n) is 5.96. The number of nitrogens with one attached hydrogen (secondary N) is 2. The van der Waals surface area contributed by atoms with Gasteiger partial charge in [0.15, 0.2) is 0 Å². The van der Waals surface area contributed by atoms with Gasteiger partial charge in [0.05, 0.1) is 10.7 Å². The molecule has 106 valence electrons. The summed E-state index contributed by atoms with van der Waals surface area (Å²) >= 11 is 9.35. The van der Waals surface area contributed by atoms with Gasteiger partial charge in [0.1, 0.15) is 5.82 Å². The third-order valence-corrected chi connectivity index (χ3v) is 3.38. The third kappa shape index (κ3) is 3.37. The lowest BCUT2D eigenvalue weighted by Gasteiger charge is -2.12. The molecule has 0 bridgehead atoms. The van der Waals surface area contributed by atoms with E-state index in [1.165, 1.54) is 0 Å². The predicted molar refractivity (Wildman–Crippen MR) is 82.2 cm³/mol. The number of anilines is 1. The van der Waals surface area contributed by atoms with Crippen LogP contribution in [0.3, 0.4) is 0 Å². The molecule has 2 rings (SSSR count). The van der Waals surface area contributed by atoms with Gasteiger partial charge >= 0.3 is 0 Å². The number of carbonyl (C=O) groups is 1. The summed E-state index contributed by atoms with van der Waals surface area (Å²) < 4.78 is 0.841. The van der Waals surface area contributed by atoms with Crippen LogP contribution in [0, 0.1) is 0 Å². The highest BCUT2D eigenvalue weighted by Crippen LogP contribution is 2.26. The van der Waals surface area contributed by atoms with E-state index in [2.05, 4.69) is 36.4 Å². The monoisotopic (exact) mass is 356 g/mol. The molecule has 2 aromatic rings. The first-order valence-corrected chi connectivity index (χ1v) is 7.14. The molecule has 0 saturated heterocycles. The van der Waals surface area contributed by atoms with Crippen molar-refractivity contribution in [2.75, 3.05) is 5.32 Å². The molecule has 1 amide bonds. The number of benzene rings is 1. The lowest BCUT2D eigenvalue weighted by Crippen LogP contribution is -2.16. The predicted octanol–water partition coefficient (Wildman–Crippen LogP) is 3.77. The molecular weight excluding hydrogens is 344 g/mol. The molecule has 0 saturated carbocycles. The summed E-state index contributed by atoms with van der Waals surface area (Å²) in [4.78, 5) is 16.3. The second-order valence-electron chi connectivity index (χ2n) is 5.34. The van der Waals surface area contributed by atoms with Crippen LogP contribution in [0.1, 0.15) is 37.2 Å². The average Bonchev–Trinajstić information content (AvgIpc) is 2.82. The van der Waals surface area contributed by atoms with Crippen LogP contribution < -0.4 is 5.32 Å². The zero-order chi connectivity index (χ0) is 14.9. The summed E-state index contributed by atoms with van der Waals surface area (Å²) in [6, 6.07) is 5.21. The number of carbonyl (C=O) groups excluding carboxylic acids is 1. The molecule has 0 fully saturated rings. The van der Waals surface area contributed by atoms with E-state index in [9.17, 15) is 4.79 Å². The maximum Gasteiger partial charge on any atom is 0.295 e. The zero-order valence-electron chi connectivity index (χ0n) is 11.3. The number of rotatable bonds is 2. The summed E-state index contributed by atoms with van der Waals surface area (Å²) in [5.74, 6) is 0.347. The standard InChI is InChI=1S/C13H14BrClN4O/c1-13(2,3)12-17-10(18-19-12)11(20)16-9-5-4-7(14)6-8(9)15/h4-6H,1-3H3,(H,16,20)(H,17,18,19). The van der Waals surface area contributed by atoms with Gasteiger partial charge in [-0.3, -0.25) is 9.89 Å². The topological polar surface area (TPSA) is 70.7 Å². The van der Waals surface area contributed by atoms with E-state index in [1.54, 1.807) is 18.2 Å². The van der Waals surface area contributed by atoms with E-state index < -0.39 is 5.91 Å². The van der Waals surface area contributed by atoms with Crippen molar-refractivity contribution < 1.29 is 4.79 Å². The Hall–Kier alpha value is -1.40. The molecule has 0 aliphatic carbocycles. The second-order valence-corrected chi connectivity index (χ2v) is 6.66. The van der Waals surface area contributed by atoms with Gasteiger partial charge in [0, 0.05) is 9.89 Å². The molecule has 20 heavy (non-hydrogen) atoms. The largest absolute Gasteiger partial charge is 0.318 e. The lowest BCUT2D eigenvalue weighted by molar-refractivity contribution is 0.101. The maximum atomic E-state index is 12.1. The van der Waals surface area contributed by atoms with Crippen LogP contribution in [0.5, 0.6) is 0 Å². The molecule has 0 radical (unpaired) electrons. The molecule has 0 aliphatic heterocycles. The third-order valence-electron chi connectivity index (χ3n) is 2.58. The first-order chi connectivity index (χ1) is 9.27. The Morgan fingerprint density at radius 2 is 2.10 bits per heavy atom. The highest BCUT2D eigenvalue weighted by molar-refractivity contribution is 9.10. The smallest absolute Gasteiger partial charge is 0.295 e. The quantitative estimate of drug-likeness (QED) is 0.859. The van der Waals surface area contributed by atoms with Gasteiger partial charge in [0.2, 0.25) is 5.82 Å². The Labute approximate surface area is 130 Å². The molecule has 0 aliphatic rings. The van der Waals surface area contributed by atoms with Gasteiger partial charge in [-0.25, -0.2) is 4.98 Å². The normalized spacial score (nSPS) is 11.4. The molecule has 7 heteroatoms. The van der Waals surface area contributed by atoms with Gasteiger partial charge in [-0.05, 0) is 18.2 Å². The van der Waals surface area contributed by atoms with Crippen molar-refractivity contribution in [3.05, 3.63) is 39.3 Å². The Morgan fingerprint density at radius 3 is 2.65 bits per heavy atom. The summed E-state index contributed by atoms with van der Waals surface area (Å²) in [5, 5.41) is 9.82. The fourth-order valence-electron chi connectivity index (χ4n) is 1.47. The van der Waals surface area contributed by atoms with Crippen molar-refractivity contribution in [2.24, 2.45) is 0 Å². The molecule has 1 aromatic heterocycles. The van der Waals surface area contributed by atoms with Crippen molar-refractivity contribution in [1.29, 1.82) is 0 Å². The summed E-state index contributed by atoms with van der Waals surface area (Å²) in [7, 11) is 0. The molecule has 1 heterocycles. The fraction of sp³-hybridized carbons (Fsp3) is 0.308. The molecule has 0 spiro atoms. The number of hydrogen-bond donors (Lipinski definition) is 2. The number of amides is 1. The Balaban J connectivity index is 2.18. The number of aromatic amines is 1. The molecule has 1 aromatic carbocycles. The van der Waals surface area contributed by atoms with Crippen LogP contribution in [0.4, 0.5) is 5.69 Å². The van der Waals surface area contributed by atoms with Gasteiger partial charge in [-0.15, -0.1) is 5.10 Å². The maximum absolute atomic E-state index is 12.1. The van der Waals surface area contributed by atoms with Crippen LogP contribution in [0.25, 0.3) is 0 Å². The van der Waals surface area contributed by atoms with Crippen LogP contribution in [-0.4, -0.2) is 21.1 Å². The lowest BCUT2D eigenvalue weighted by atomic mass is 9.96. The number of halogens is 2. The Bertz CT molecular complexity index is 648. The zero-order valence-corrected chi connectivity index (χ0v) is 13.6. The minimum absolute atomic E-state index is 0.0916. The minimum atomic E-state index is -0.402. The van der Waals surface area contributed by atoms with Crippen LogP contribution in [-0.2, 0) is 5.41 Å². The fourth-order valence-corrected chi connectivity index (χ4v) is 2.19. The van der Waals surface area contributed by atoms with E-state index in [-0.39, 0.29) is 11.2 Å². The van der Waals surface area contributed by atoms with Gasteiger partial charge in [-0.1, -0.05) is 48.3 Å². The van der Waals surface area contributed by atoms with Crippen molar-refractivity contribution >= 4 is 39.1 Å². The van der Waals surface area contributed by atoms with E-state index in [1.807, 2.05) is 20.8 Å². The molecular formula is C13H14BrClN4O. The van der Waals surface area contributed by atoms with E-state index in [4.69, 9.17) is 11.6 Å². The Morgan fingerprint density at radius 1 is 1.40 bits per heavy atom. The summed E-state index contributed by atoms with van der Waals surface area (Å²) in [6.45, 7) is 5.96. The summed E-state index contributed by atoms with van der Waals surface area (Å²) in [6.07, 6.45) is 0. The SMILES string of the molecule is CC(C)(C)c1nc(C(=O)Nc2ccc(Br)cc2Cl)n[nH]1. The number of hydrogen-bond acceptors (Lipinski definition) is 3. The van der Waals surface area contributed by atoms with E-state index >= 15 is 0 Å². The first kappa shape index (κ1) is 15.0. The van der Waals surface area contributed by atoms with Crippen LogP contribution in [0.2, 0.25) is 5.02 Å². The molecule has 0 unspecified atom stereocenters. The number of aromatic nitrogens is 3. The van der Waals surface area contributed by atoms with Gasteiger partial charge < -0.3 is 5.32 Å². The highest BCUT2D eigenvalue weighted by atomic mass is 79.9. The van der Waals surface area contributed by atoms with Gasteiger partial charge in [-0.2, -0.15) is 0 Å². The van der Waals surface area contributed by atoms with Crippen molar-refractivity contribution in [3.8, 4) is 0 Å². The van der Waals surface area contributed by atoms with Crippen molar-refractivity contribution in [1.82, 2.24) is 15.2 Å². The minimum Gasteiger partial charge on any atom is -0.318 e. The van der Waals surface area contributed by atoms with E-state index in [0.29, 0.717) is 16.5 Å². The van der Waals surface area contributed by atoms with Gasteiger partial charge in [0.25, 0.3) is 5.91 Å². The average molecular weight is 358 g/mol. The van der Waals surface area contributed by atoms with Crippen molar-refractivity contribution in [2.45, 2.75) is 26.2 Å². The molecule has 0 atom stereocenters. The van der Waals surface area contributed by atoms with E-state index in [0.717, 1.165) is 4.47 Å². The van der Waals surface area contributed by atoms with Crippen molar-refractivity contribution in [3.63, 3.8) is 0 Å². The van der Waals surface area contributed by atoms with Crippen LogP contribution in [0.15, 0.2) is 22.7 Å². The molecule has 5 nitrogen and oxygen atoms in total. The number of nitrogens with zero attached hydrogens (tertiary/aromatic N) is 2. The molecule has 2 N–H and O–H groups in total. The van der Waals surface area contributed by atoms with Crippen LogP contribution >= 0.6 is 27.5 Å². The summed E-state index contributed by atoms with van der Waals surface area (Å²) in [5.41, 5.74) is 0.322. The highest BCUT2D eigenvalue weighted by Gasteiger charge is 2.21. The second kappa shape index (κ2) is 5.54. The number of H-pyrrole nitrogens is 1. The Kier molecular flexibility index (Phi) is 4.15.